The first-order valence-corrected chi connectivity index (χ1v) is 5.45. The summed E-state index contributed by atoms with van der Waals surface area (Å²) < 4.78 is 32.0. The van der Waals surface area contributed by atoms with Crippen LogP contribution in [-0.4, -0.2) is 75.5 Å². The van der Waals surface area contributed by atoms with Crippen LogP contribution in [0.15, 0.2) is 0 Å². The van der Waals surface area contributed by atoms with Crippen LogP contribution < -0.4 is 0 Å². The smallest absolute Gasteiger partial charge is 0.388 e. The molecule has 0 aromatic carbocycles. The predicted octanol–water partition coefficient (Wildman–Crippen LogP) is -4.23. The molecule has 2 atom stereocenters. The minimum Gasteiger partial charge on any atom is -0.388 e. The second kappa shape index (κ2) is 5.79. The molecule has 0 fully saturated rings. The number of carbonyl (C=O) groups excluding carboxylic acids is 1. The number of ketones is 1. The SMILES string of the molecule is O=C(CO)C(O)(O)[C@@H](O)[C@H](O)COS(=O)(=O)O. The van der Waals surface area contributed by atoms with Crippen LogP contribution in [0, 0.1) is 0 Å². The largest absolute Gasteiger partial charge is 0.397 e. The average molecular weight is 276 g/mol. The van der Waals surface area contributed by atoms with Gasteiger partial charge in [0.2, 0.25) is 5.78 Å². The van der Waals surface area contributed by atoms with Crippen molar-refractivity contribution in [2.24, 2.45) is 0 Å². The van der Waals surface area contributed by atoms with Gasteiger partial charge in [-0.25, -0.2) is 4.18 Å². The van der Waals surface area contributed by atoms with Gasteiger partial charge in [-0.15, -0.1) is 0 Å². The Morgan fingerprint density at radius 3 is 2.12 bits per heavy atom. The molecule has 0 aromatic rings. The molecular weight excluding hydrogens is 264 g/mol. The molecule has 102 valence electrons. The van der Waals surface area contributed by atoms with E-state index in [2.05, 4.69) is 4.18 Å². The minimum absolute atomic E-state index is 1.22. The molecule has 0 spiro atoms. The molecule has 0 saturated heterocycles. The summed E-state index contributed by atoms with van der Waals surface area (Å²) in [6.45, 7) is -2.54. The molecule has 0 radical (unpaired) electrons. The highest BCUT2D eigenvalue weighted by molar-refractivity contribution is 7.80. The molecule has 0 bridgehead atoms. The van der Waals surface area contributed by atoms with E-state index in [-0.39, 0.29) is 0 Å². The summed E-state index contributed by atoms with van der Waals surface area (Å²) in [5.74, 6) is -5.09. The Kier molecular flexibility index (Phi) is 5.57. The van der Waals surface area contributed by atoms with Gasteiger partial charge in [0.1, 0.15) is 18.8 Å². The van der Waals surface area contributed by atoms with Crippen LogP contribution in [0.5, 0.6) is 0 Å². The second-order valence-electron chi connectivity index (χ2n) is 3.03. The van der Waals surface area contributed by atoms with Crippen molar-refractivity contribution in [3.63, 3.8) is 0 Å². The molecule has 0 aliphatic carbocycles. The Labute approximate surface area is 95.6 Å². The third kappa shape index (κ3) is 5.01. The van der Waals surface area contributed by atoms with E-state index < -0.39 is 47.4 Å². The lowest BCUT2D eigenvalue weighted by Gasteiger charge is -2.28. The molecule has 0 aliphatic rings. The Bertz CT molecular complexity index is 359. The van der Waals surface area contributed by atoms with Gasteiger partial charge in [0.05, 0.1) is 6.61 Å². The summed E-state index contributed by atoms with van der Waals surface area (Å²) in [5, 5.41) is 44.5. The number of rotatable bonds is 7. The Hall–Kier alpha value is -0.660. The van der Waals surface area contributed by atoms with Crippen molar-refractivity contribution < 1.29 is 47.5 Å². The molecule has 11 heteroatoms. The van der Waals surface area contributed by atoms with Crippen LogP contribution in [0.4, 0.5) is 0 Å². The first-order chi connectivity index (χ1) is 7.52. The van der Waals surface area contributed by atoms with E-state index in [0.717, 1.165) is 0 Å². The fraction of sp³-hybridized carbons (Fsp3) is 0.833. The molecule has 0 aliphatic heterocycles. The zero-order valence-corrected chi connectivity index (χ0v) is 9.11. The number of aliphatic hydroxyl groups is 5. The molecule has 0 unspecified atom stereocenters. The standard InChI is InChI=1S/C6H12O10S/c7-1-4(9)6(11,12)5(10)3(8)2-16-17(13,14)15/h3,5,7-8,10-12H,1-2H2,(H,13,14,15)/t3-,5+/m1/s1. The summed E-state index contributed by atoms with van der Waals surface area (Å²) >= 11 is 0. The lowest BCUT2D eigenvalue weighted by molar-refractivity contribution is -0.240. The third-order valence-electron chi connectivity index (χ3n) is 1.72. The number of Topliss-reactive ketones (excluding diaryl/α,β-unsaturated/α-hetero) is 1. The number of hydrogen-bond donors (Lipinski definition) is 6. The van der Waals surface area contributed by atoms with Gasteiger partial charge in [0, 0.05) is 0 Å². The third-order valence-corrected chi connectivity index (χ3v) is 2.15. The first-order valence-electron chi connectivity index (χ1n) is 4.09. The highest BCUT2D eigenvalue weighted by Gasteiger charge is 2.44. The van der Waals surface area contributed by atoms with E-state index in [4.69, 9.17) is 30.1 Å². The molecular formula is C6H12O10S. The molecule has 0 heterocycles. The Balaban J connectivity index is 4.59. The van der Waals surface area contributed by atoms with Gasteiger partial charge in [0.25, 0.3) is 5.79 Å². The minimum atomic E-state index is -4.89. The van der Waals surface area contributed by atoms with Crippen LogP contribution in [-0.2, 0) is 19.4 Å². The van der Waals surface area contributed by atoms with Crippen LogP contribution in [0.2, 0.25) is 0 Å². The van der Waals surface area contributed by atoms with Gasteiger partial charge in [-0.3, -0.25) is 9.35 Å². The Morgan fingerprint density at radius 2 is 1.76 bits per heavy atom. The lowest BCUT2D eigenvalue weighted by atomic mass is 10.0. The highest BCUT2D eigenvalue weighted by Crippen LogP contribution is 2.13. The van der Waals surface area contributed by atoms with Gasteiger partial charge >= 0.3 is 10.4 Å². The maximum absolute atomic E-state index is 10.8. The highest BCUT2D eigenvalue weighted by atomic mass is 32.3. The molecule has 0 amide bonds. The summed E-state index contributed by atoms with van der Waals surface area (Å²) in [7, 11) is -4.89. The fourth-order valence-electron chi connectivity index (χ4n) is 0.796. The van der Waals surface area contributed by atoms with Crippen molar-refractivity contribution in [2.45, 2.75) is 18.0 Å². The van der Waals surface area contributed by atoms with Crippen LogP contribution >= 0.6 is 0 Å². The van der Waals surface area contributed by atoms with Crippen molar-refractivity contribution in [3.05, 3.63) is 0 Å². The van der Waals surface area contributed by atoms with Crippen LogP contribution in [0.3, 0.4) is 0 Å². The maximum Gasteiger partial charge on any atom is 0.397 e. The average Bonchev–Trinajstić information content (AvgIpc) is 2.22. The van der Waals surface area contributed by atoms with Gasteiger partial charge in [-0.2, -0.15) is 8.42 Å². The first kappa shape index (κ1) is 16.3. The maximum atomic E-state index is 10.8. The monoisotopic (exact) mass is 276 g/mol. The zero-order chi connectivity index (χ0) is 13.9. The molecule has 17 heavy (non-hydrogen) atoms. The molecule has 0 saturated carbocycles. The molecule has 6 N–H and O–H groups in total. The normalized spacial score (nSPS) is 16.6. The fourth-order valence-corrected chi connectivity index (χ4v) is 1.11. The van der Waals surface area contributed by atoms with E-state index in [1.165, 1.54) is 0 Å². The summed E-state index contributed by atoms with van der Waals surface area (Å²) in [6, 6.07) is 0. The van der Waals surface area contributed by atoms with E-state index in [0.29, 0.717) is 0 Å². The van der Waals surface area contributed by atoms with Crippen molar-refractivity contribution in [1.29, 1.82) is 0 Å². The van der Waals surface area contributed by atoms with E-state index in [1.807, 2.05) is 0 Å². The van der Waals surface area contributed by atoms with Crippen molar-refractivity contribution in [3.8, 4) is 0 Å². The number of carbonyl (C=O) groups is 1. The molecule has 10 nitrogen and oxygen atoms in total. The quantitative estimate of drug-likeness (QED) is 0.197. The van der Waals surface area contributed by atoms with E-state index in [9.17, 15) is 13.2 Å². The second-order valence-corrected chi connectivity index (χ2v) is 4.12. The Morgan fingerprint density at radius 1 is 1.29 bits per heavy atom. The number of hydrogen-bond acceptors (Lipinski definition) is 9. The van der Waals surface area contributed by atoms with Crippen molar-refractivity contribution in [1.82, 2.24) is 0 Å². The van der Waals surface area contributed by atoms with E-state index in [1.54, 1.807) is 0 Å². The lowest BCUT2D eigenvalue weighted by Crippen LogP contribution is -2.56. The summed E-state index contributed by atoms with van der Waals surface area (Å²) in [5.41, 5.74) is 0. The zero-order valence-electron chi connectivity index (χ0n) is 8.29. The summed E-state index contributed by atoms with van der Waals surface area (Å²) in [6.07, 6.45) is -4.74. The predicted molar refractivity (Wildman–Crippen MR) is 48.8 cm³/mol. The topological polar surface area (TPSA) is 182 Å². The van der Waals surface area contributed by atoms with Gasteiger partial charge < -0.3 is 25.5 Å². The van der Waals surface area contributed by atoms with Gasteiger partial charge in [-0.1, -0.05) is 0 Å². The molecule has 0 rings (SSSR count). The van der Waals surface area contributed by atoms with Crippen molar-refractivity contribution >= 4 is 16.2 Å². The molecule has 0 aromatic heterocycles. The van der Waals surface area contributed by atoms with Crippen LogP contribution in [0.25, 0.3) is 0 Å². The summed E-state index contributed by atoms with van der Waals surface area (Å²) in [4.78, 5) is 10.8. The van der Waals surface area contributed by atoms with Gasteiger partial charge in [-0.05, 0) is 0 Å². The number of aliphatic hydroxyl groups excluding tert-OH is 3. The van der Waals surface area contributed by atoms with Crippen LogP contribution in [0.1, 0.15) is 0 Å². The van der Waals surface area contributed by atoms with Crippen molar-refractivity contribution in [2.75, 3.05) is 13.2 Å². The van der Waals surface area contributed by atoms with Gasteiger partial charge in [0.15, 0.2) is 0 Å². The van der Waals surface area contributed by atoms with E-state index >= 15 is 0 Å².